The van der Waals surface area contributed by atoms with Gasteiger partial charge in [0.15, 0.2) is 0 Å². The molecule has 0 fully saturated rings. The standard InChI is InChI=1S/C16H17Cl2N3O3S/c1-21(2)25(23,24)13-5-3-4-12(9-13)20-16(22)10-19-15-7-6-11(17)8-14(15)18/h3-9,19H,10H2,1-2H3,(H,20,22). The van der Waals surface area contributed by atoms with Crippen LogP contribution in [0.2, 0.25) is 10.0 Å². The lowest BCUT2D eigenvalue weighted by Crippen LogP contribution is -2.23. The summed E-state index contributed by atoms with van der Waals surface area (Å²) in [7, 11) is -0.674. The second-order valence-electron chi connectivity index (χ2n) is 5.34. The van der Waals surface area contributed by atoms with Crippen LogP contribution in [0.5, 0.6) is 0 Å². The van der Waals surface area contributed by atoms with Crippen molar-refractivity contribution >= 4 is 50.5 Å². The zero-order valence-corrected chi connectivity index (χ0v) is 15.9. The first-order valence-corrected chi connectivity index (χ1v) is 9.41. The highest BCUT2D eigenvalue weighted by Crippen LogP contribution is 2.25. The summed E-state index contributed by atoms with van der Waals surface area (Å²) in [6.45, 7) is -0.0357. The second-order valence-corrected chi connectivity index (χ2v) is 8.34. The molecule has 0 atom stereocenters. The number of anilines is 2. The van der Waals surface area contributed by atoms with Crippen LogP contribution in [0.4, 0.5) is 11.4 Å². The van der Waals surface area contributed by atoms with Gasteiger partial charge in [-0.05, 0) is 36.4 Å². The van der Waals surface area contributed by atoms with E-state index in [4.69, 9.17) is 23.2 Å². The number of carbonyl (C=O) groups is 1. The van der Waals surface area contributed by atoms with Crippen molar-refractivity contribution in [3.8, 4) is 0 Å². The van der Waals surface area contributed by atoms with Crippen molar-refractivity contribution in [3.05, 3.63) is 52.5 Å². The minimum Gasteiger partial charge on any atom is -0.375 e. The van der Waals surface area contributed by atoms with Gasteiger partial charge in [-0.15, -0.1) is 0 Å². The van der Waals surface area contributed by atoms with Crippen LogP contribution < -0.4 is 10.6 Å². The highest BCUT2D eigenvalue weighted by Gasteiger charge is 2.17. The molecule has 0 heterocycles. The first kappa shape index (κ1) is 19.5. The molecule has 0 radical (unpaired) electrons. The fraction of sp³-hybridized carbons (Fsp3) is 0.188. The molecule has 25 heavy (non-hydrogen) atoms. The van der Waals surface area contributed by atoms with Crippen molar-refractivity contribution < 1.29 is 13.2 Å². The number of sulfonamides is 1. The van der Waals surface area contributed by atoms with Gasteiger partial charge in [-0.25, -0.2) is 12.7 Å². The average molecular weight is 402 g/mol. The Balaban J connectivity index is 2.03. The van der Waals surface area contributed by atoms with Gasteiger partial charge in [0, 0.05) is 24.8 Å². The third-order valence-electron chi connectivity index (χ3n) is 3.27. The lowest BCUT2D eigenvalue weighted by Gasteiger charge is -2.13. The maximum Gasteiger partial charge on any atom is 0.243 e. The molecule has 6 nitrogen and oxygen atoms in total. The fourth-order valence-corrected chi connectivity index (χ4v) is 3.38. The Morgan fingerprint density at radius 1 is 1.12 bits per heavy atom. The molecule has 0 unspecified atom stereocenters. The molecular formula is C16H17Cl2N3O3S. The van der Waals surface area contributed by atoms with Gasteiger partial charge in [-0.3, -0.25) is 4.79 Å². The number of rotatable bonds is 6. The second kappa shape index (κ2) is 8.05. The molecule has 2 rings (SSSR count). The van der Waals surface area contributed by atoms with E-state index in [1.54, 1.807) is 30.3 Å². The monoisotopic (exact) mass is 401 g/mol. The highest BCUT2D eigenvalue weighted by atomic mass is 35.5. The predicted molar refractivity (Wildman–Crippen MR) is 101 cm³/mol. The Morgan fingerprint density at radius 2 is 1.84 bits per heavy atom. The Hall–Kier alpha value is -1.80. The van der Waals surface area contributed by atoms with Crippen molar-refractivity contribution in [3.63, 3.8) is 0 Å². The SMILES string of the molecule is CN(C)S(=O)(=O)c1cccc(NC(=O)CNc2ccc(Cl)cc2Cl)c1. The quantitative estimate of drug-likeness (QED) is 0.777. The van der Waals surface area contributed by atoms with Crippen LogP contribution in [0, 0.1) is 0 Å². The van der Waals surface area contributed by atoms with E-state index in [1.165, 1.54) is 26.2 Å². The van der Waals surface area contributed by atoms with Gasteiger partial charge in [0.1, 0.15) is 0 Å². The van der Waals surface area contributed by atoms with Crippen LogP contribution in [-0.4, -0.2) is 39.3 Å². The van der Waals surface area contributed by atoms with E-state index in [0.29, 0.717) is 21.4 Å². The average Bonchev–Trinajstić information content (AvgIpc) is 2.54. The lowest BCUT2D eigenvalue weighted by atomic mass is 10.3. The van der Waals surface area contributed by atoms with Gasteiger partial charge < -0.3 is 10.6 Å². The Morgan fingerprint density at radius 3 is 2.48 bits per heavy atom. The molecule has 0 saturated carbocycles. The first-order valence-electron chi connectivity index (χ1n) is 7.21. The zero-order chi connectivity index (χ0) is 18.6. The number of nitrogens with one attached hydrogen (secondary N) is 2. The molecular weight excluding hydrogens is 385 g/mol. The smallest absolute Gasteiger partial charge is 0.243 e. The van der Waals surface area contributed by atoms with Crippen molar-refractivity contribution in [2.45, 2.75) is 4.90 Å². The van der Waals surface area contributed by atoms with Crippen LogP contribution >= 0.6 is 23.2 Å². The van der Waals surface area contributed by atoms with E-state index in [-0.39, 0.29) is 17.3 Å². The highest BCUT2D eigenvalue weighted by molar-refractivity contribution is 7.89. The number of carbonyl (C=O) groups excluding carboxylic acids is 1. The molecule has 9 heteroatoms. The molecule has 134 valence electrons. The lowest BCUT2D eigenvalue weighted by molar-refractivity contribution is -0.114. The number of amides is 1. The van der Waals surface area contributed by atoms with Crippen LogP contribution in [0.1, 0.15) is 0 Å². The van der Waals surface area contributed by atoms with Crippen molar-refractivity contribution in [2.75, 3.05) is 31.3 Å². The topological polar surface area (TPSA) is 78.5 Å². The number of halogens is 2. The maximum atomic E-state index is 12.1. The number of nitrogens with zero attached hydrogens (tertiary/aromatic N) is 1. The summed E-state index contributed by atoms with van der Waals surface area (Å²) in [5, 5.41) is 6.44. The first-order chi connectivity index (χ1) is 11.7. The maximum absolute atomic E-state index is 12.1. The van der Waals surface area contributed by atoms with E-state index in [1.807, 2.05) is 0 Å². The van der Waals surface area contributed by atoms with Crippen LogP contribution in [0.3, 0.4) is 0 Å². The van der Waals surface area contributed by atoms with Gasteiger partial charge in [0.2, 0.25) is 15.9 Å². The van der Waals surface area contributed by atoms with Crippen molar-refractivity contribution in [1.29, 1.82) is 0 Å². The fourth-order valence-electron chi connectivity index (χ4n) is 1.96. The third-order valence-corrected chi connectivity index (χ3v) is 5.63. The summed E-state index contributed by atoms with van der Waals surface area (Å²) in [5.74, 6) is -0.342. The van der Waals surface area contributed by atoms with Gasteiger partial charge in [0.05, 0.1) is 22.2 Å². The molecule has 0 bridgehead atoms. The Kier molecular flexibility index (Phi) is 6.29. The summed E-state index contributed by atoms with van der Waals surface area (Å²) in [6, 6.07) is 10.9. The molecule has 0 aromatic heterocycles. The van der Waals surface area contributed by atoms with Gasteiger partial charge in [-0.2, -0.15) is 0 Å². The summed E-state index contributed by atoms with van der Waals surface area (Å²) in [5.41, 5.74) is 0.960. The molecule has 2 N–H and O–H groups in total. The van der Waals surface area contributed by atoms with E-state index in [2.05, 4.69) is 10.6 Å². The Labute approximate surface area is 156 Å². The summed E-state index contributed by atoms with van der Waals surface area (Å²) in [6.07, 6.45) is 0. The molecule has 1 amide bonds. The molecule has 0 saturated heterocycles. The summed E-state index contributed by atoms with van der Waals surface area (Å²) in [4.78, 5) is 12.2. The molecule has 2 aromatic carbocycles. The number of hydrogen-bond donors (Lipinski definition) is 2. The van der Waals surface area contributed by atoms with Crippen molar-refractivity contribution in [1.82, 2.24) is 4.31 Å². The largest absolute Gasteiger partial charge is 0.375 e. The van der Waals surface area contributed by atoms with E-state index >= 15 is 0 Å². The molecule has 0 aliphatic heterocycles. The summed E-state index contributed by atoms with van der Waals surface area (Å²) >= 11 is 11.8. The number of hydrogen-bond acceptors (Lipinski definition) is 4. The van der Waals surface area contributed by atoms with Gasteiger partial charge in [0.25, 0.3) is 0 Å². The van der Waals surface area contributed by atoms with Crippen LogP contribution in [0.15, 0.2) is 47.4 Å². The summed E-state index contributed by atoms with van der Waals surface area (Å²) < 4.78 is 25.4. The molecule has 2 aromatic rings. The third kappa shape index (κ3) is 5.09. The van der Waals surface area contributed by atoms with Crippen LogP contribution in [0.25, 0.3) is 0 Å². The molecule has 0 aliphatic carbocycles. The zero-order valence-electron chi connectivity index (χ0n) is 13.6. The van der Waals surface area contributed by atoms with E-state index < -0.39 is 10.0 Å². The number of benzene rings is 2. The van der Waals surface area contributed by atoms with Crippen molar-refractivity contribution in [2.24, 2.45) is 0 Å². The normalized spacial score (nSPS) is 11.4. The van der Waals surface area contributed by atoms with E-state index in [0.717, 1.165) is 4.31 Å². The Bertz CT molecular complexity index is 886. The minimum atomic E-state index is -3.56. The van der Waals surface area contributed by atoms with Gasteiger partial charge >= 0.3 is 0 Å². The van der Waals surface area contributed by atoms with E-state index in [9.17, 15) is 13.2 Å². The predicted octanol–water partition coefficient (Wildman–Crippen LogP) is 3.29. The van der Waals surface area contributed by atoms with Gasteiger partial charge in [-0.1, -0.05) is 29.3 Å². The minimum absolute atomic E-state index is 0.0357. The molecule has 0 spiro atoms. The molecule has 0 aliphatic rings. The van der Waals surface area contributed by atoms with Crippen LogP contribution in [-0.2, 0) is 14.8 Å².